The van der Waals surface area contributed by atoms with Crippen LogP contribution in [0.3, 0.4) is 0 Å². The van der Waals surface area contributed by atoms with Gasteiger partial charge in [-0.25, -0.2) is 9.78 Å². The number of aromatic carboxylic acids is 1. The Morgan fingerprint density at radius 2 is 1.72 bits per heavy atom. The minimum Gasteiger partial charge on any atom is -0.485 e. The summed E-state index contributed by atoms with van der Waals surface area (Å²) in [7, 11) is 0. The quantitative estimate of drug-likeness (QED) is 0.478. The molecule has 0 aliphatic heterocycles. The van der Waals surface area contributed by atoms with Crippen LogP contribution in [-0.4, -0.2) is 21.0 Å². The molecule has 0 amide bonds. The lowest BCUT2D eigenvalue weighted by molar-refractivity contribution is 0.0696. The lowest BCUT2D eigenvalue weighted by Gasteiger charge is -2.13. The highest BCUT2D eigenvalue weighted by Gasteiger charge is 2.12. The number of benzene rings is 3. The van der Waals surface area contributed by atoms with Gasteiger partial charge in [0, 0.05) is 0 Å². The molecule has 0 aliphatic carbocycles. The number of nitrogens with one attached hydrogen (secondary N) is 1. The predicted octanol–water partition coefficient (Wildman–Crippen LogP) is 4.73. The van der Waals surface area contributed by atoms with Gasteiger partial charge in [0.15, 0.2) is 11.5 Å². The number of carboxylic acids is 1. The Morgan fingerprint density at radius 1 is 0.966 bits per heavy atom. The van der Waals surface area contributed by atoms with Gasteiger partial charge in [-0.1, -0.05) is 42.0 Å². The highest BCUT2D eigenvalue weighted by atomic mass is 16.5. The third-order valence-corrected chi connectivity index (χ3v) is 4.51. The number of H-pyrrole nitrogens is 1. The van der Waals surface area contributed by atoms with Crippen molar-refractivity contribution in [2.24, 2.45) is 0 Å². The zero-order chi connectivity index (χ0) is 20.2. The average Bonchev–Trinajstić information content (AvgIpc) is 3.15. The molecule has 0 bridgehead atoms. The second kappa shape index (κ2) is 8.06. The largest absolute Gasteiger partial charge is 0.485 e. The maximum absolute atomic E-state index is 11.3. The van der Waals surface area contributed by atoms with Crippen LogP contribution in [0.1, 0.15) is 27.3 Å². The fraction of sp³-hybridized carbons (Fsp3) is 0.130. The van der Waals surface area contributed by atoms with Gasteiger partial charge in [0.05, 0.1) is 16.6 Å². The summed E-state index contributed by atoms with van der Waals surface area (Å²) in [5, 5.41) is 9.29. The van der Waals surface area contributed by atoms with Crippen molar-refractivity contribution in [3.8, 4) is 11.5 Å². The Morgan fingerprint density at radius 3 is 2.48 bits per heavy atom. The van der Waals surface area contributed by atoms with E-state index in [2.05, 4.69) is 9.97 Å². The normalized spacial score (nSPS) is 10.8. The van der Waals surface area contributed by atoms with Crippen molar-refractivity contribution in [2.45, 2.75) is 20.1 Å². The van der Waals surface area contributed by atoms with E-state index in [9.17, 15) is 9.90 Å². The van der Waals surface area contributed by atoms with E-state index in [0.717, 1.165) is 22.2 Å². The number of imidazole rings is 1. The number of aromatic nitrogens is 2. The standard InChI is InChI=1S/C23H20N2O4/c1-15-6-8-16(9-7-15)13-28-21-12-17(23(26)27)10-11-20(21)29-14-22-24-18-4-2-3-5-19(18)25-22/h2-12H,13-14H2,1H3,(H,24,25)(H,26,27). The molecule has 6 nitrogen and oxygen atoms in total. The van der Waals surface area contributed by atoms with Crippen molar-refractivity contribution in [1.29, 1.82) is 0 Å². The number of hydrogen-bond donors (Lipinski definition) is 2. The smallest absolute Gasteiger partial charge is 0.335 e. The van der Waals surface area contributed by atoms with E-state index in [-0.39, 0.29) is 12.2 Å². The van der Waals surface area contributed by atoms with Crippen LogP contribution < -0.4 is 9.47 Å². The van der Waals surface area contributed by atoms with Gasteiger partial charge in [-0.3, -0.25) is 0 Å². The van der Waals surface area contributed by atoms with E-state index >= 15 is 0 Å². The lowest BCUT2D eigenvalue weighted by Crippen LogP contribution is -2.04. The lowest BCUT2D eigenvalue weighted by atomic mass is 10.1. The minimum absolute atomic E-state index is 0.139. The minimum atomic E-state index is -1.02. The second-order valence-electron chi connectivity index (χ2n) is 6.73. The van der Waals surface area contributed by atoms with Gasteiger partial charge in [0.25, 0.3) is 0 Å². The Kier molecular flexibility index (Phi) is 5.16. The summed E-state index contributed by atoms with van der Waals surface area (Å²) in [6.07, 6.45) is 0. The molecule has 0 radical (unpaired) electrons. The maximum atomic E-state index is 11.3. The van der Waals surface area contributed by atoms with Gasteiger partial charge in [-0.2, -0.15) is 0 Å². The number of fused-ring (bicyclic) bond motifs is 1. The molecule has 1 heterocycles. The number of para-hydroxylation sites is 2. The number of carbonyl (C=O) groups is 1. The molecule has 0 unspecified atom stereocenters. The third kappa shape index (κ3) is 4.38. The SMILES string of the molecule is Cc1ccc(COc2cc(C(=O)O)ccc2OCc2nc3ccccc3[nH]2)cc1. The number of carboxylic acid groups (broad SMARTS) is 1. The summed E-state index contributed by atoms with van der Waals surface area (Å²) in [5.74, 6) is 0.496. The molecule has 2 N–H and O–H groups in total. The monoisotopic (exact) mass is 388 g/mol. The van der Waals surface area contributed by atoms with Crippen LogP contribution in [-0.2, 0) is 13.2 Å². The van der Waals surface area contributed by atoms with Crippen LogP contribution >= 0.6 is 0 Å². The summed E-state index contributed by atoms with van der Waals surface area (Å²) in [4.78, 5) is 19.0. The fourth-order valence-electron chi connectivity index (χ4n) is 2.94. The molecule has 1 aromatic heterocycles. The van der Waals surface area contributed by atoms with Gasteiger partial charge in [0.2, 0.25) is 0 Å². The first-order chi connectivity index (χ1) is 14.1. The van der Waals surface area contributed by atoms with Crippen molar-refractivity contribution in [1.82, 2.24) is 9.97 Å². The van der Waals surface area contributed by atoms with Gasteiger partial charge in [-0.15, -0.1) is 0 Å². The first-order valence-corrected chi connectivity index (χ1v) is 9.20. The molecule has 0 aliphatic rings. The third-order valence-electron chi connectivity index (χ3n) is 4.51. The molecule has 0 atom stereocenters. The molecule has 146 valence electrons. The number of nitrogens with zero attached hydrogens (tertiary/aromatic N) is 1. The molecule has 4 aromatic rings. The Balaban J connectivity index is 1.52. The predicted molar refractivity (Wildman–Crippen MR) is 109 cm³/mol. The second-order valence-corrected chi connectivity index (χ2v) is 6.73. The Labute approximate surface area is 167 Å². The summed E-state index contributed by atoms with van der Waals surface area (Å²) < 4.78 is 11.8. The molecule has 29 heavy (non-hydrogen) atoms. The number of hydrogen-bond acceptors (Lipinski definition) is 4. The van der Waals surface area contributed by atoms with E-state index in [1.807, 2.05) is 55.5 Å². The Bertz CT molecular complexity index is 1120. The molecule has 6 heteroatoms. The van der Waals surface area contributed by atoms with Crippen LogP contribution in [0.4, 0.5) is 0 Å². The maximum Gasteiger partial charge on any atom is 0.335 e. The van der Waals surface area contributed by atoms with Crippen molar-refractivity contribution in [2.75, 3.05) is 0 Å². The van der Waals surface area contributed by atoms with Gasteiger partial charge in [-0.05, 0) is 42.8 Å². The zero-order valence-corrected chi connectivity index (χ0v) is 15.9. The molecule has 0 saturated heterocycles. The van der Waals surface area contributed by atoms with Gasteiger partial charge in [0.1, 0.15) is 19.0 Å². The van der Waals surface area contributed by atoms with Crippen LogP contribution in [0.2, 0.25) is 0 Å². The number of rotatable bonds is 7. The summed E-state index contributed by atoms with van der Waals surface area (Å²) in [6.45, 7) is 2.54. The zero-order valence-electron chi connectivity index (χ0n) is 15.9. The summed E-state index contributed by atoms with van der Waals surface area (Å²) in [6, 6.07) is 20.3. The van der Waals surface area contributed by atoms with Crippen molar-refractivity contribution < 1.29 is 19.4 Å². The molecule has 4 rings (SSSR count). The van der Waals surface area contributed by atoms with Crippen LogP contribution in [0, 0.1) is 6.92 Å². The van der Waals surface area contributed by atoms with Crippen molar-refractivity contribution in [3.05, 3.63) is 89.2 Å². The highest BCUT2D eigenvalue weighted by Crippen LogP contribution is 2.30. The first kappa shape index (κ1) is 18.6. The van der Waals surface area contributed by atoms with Crippen LogP contribution in [0.5, 0.6) is 11.5 Å². The number of ether oxygens (including phenoxy) is 2. The van der Waals surface area contributed by atoms with Crippen molar-refractivity contribution >= 4 is 17.0 Å². The van der Waals surface area contributed by atoms with E-state index in [1.54, 1.807) is 6.07 Å². The summed E-state index contributed by atoms with van der Waals surface area (Å²) in [5.41, 5.74) is 4.09. The Hall–Kier alpha value is -3.80. The van der Waals surface area contributed by atoms with Crippen LogP contribution in [0.25, 0.3) is 11.0 Å². The topological polar surface area (TPSA) is 84.4 Å². The van der Waals surface area contributed by atoms with E-state index in [1.165, 1.54) is 12.1 Å². The molecular weight excluding hydrogens is 368 g/mol. The average molecular weight is 388 g/mol. The number of aryl methyl sites for hydroxylation is 1. The van der Waals surface area contributed by atoms with Crippen molar-refractivity contribution in [3.63, 3.8) is 0 Å². The number of aromatic amines is 1. The van der Waals surface area contributed by atoms with E-state index in [0.29, 0.717) is 23.9 Å². The van der Waals surface area contributed by atoms with Gasteiger partial charge < -0.3 is 19.6 Å². The molecule has 0 saturated carbocycles. The van der Waals surface area contributed by atoms with E-state index in [4.69, 9.17) is 9.47 Å². The molecule has 0 fully saturated rings. The molecular formula is C23H20N2O4. The van der Waals surface area contributed by atoms with Crippen LogP contribution in [0.15, 0.2) is 66.7 Å². The van der Waals surface area contributed by atoms with Gasteiger partial charge >= 0.3 is 5.97 Å². The summed E-state index contributed by atoms with van der Waals surface area (Å²) >= 11 is 0. The first-order valence-electron chi connectivity index (χ1n) is 9.20. The highest BCUT2D eigenvalue weighted by molar-refractivity contribution is 5.88. The molecule has 0 spiro atoms. The molecule has 3 aromatic carbocycles. The fourth-order valence-corrected chi connectivity index (χ4v) is 2.94. The van der Waals surface area contributed by atoms with E-state index < -0.39 is 5.97 Å².